The Bertz CT molecular complexity index is 318. The number of aliphatic hydroxyl groups is 1. The molecular weight excluding hydrogens is 224 g/mol. The van der Waals surface area contributed by atoms with Gasteiger partial charge in [0.25, 0.3) is 0 Å². The molecule has 6 nitrogen and oxygen atoms in total. The van der Waals surface area contributed by atoms with Crippen LogP contribution in [0.2, 0.25) is 0 Å². The number of nitriles is 1. The SMILES string of the molecule is CC(C)(C)OC(=O)ON1CCC(O)C(C#N)C1. The van der Waals surface area contributed by atoms with Gasteiger partial charge in [-0.2, -0.15) is 5.26 Å². The number of nitrogens with zero attached hydrogens (tertiary/aromatic N) is 2. The quantitative estimate of drug-likeness (QED) is 0.692. The van der Waals surface area contributed by atoms with Crippen LogP contribution in [0.3, 0.4) is 0 Å². The number of piperidine rings is 1. The lowest BCUT2D eigenvalue weighted by Gasteiger charge is -2.31. The van der Waals surface area contributed by atoms with E-state index in [4.69, 9.17) is 14.8 Å². The van der Waals surface area contributed by atoms with Crippen LogP contribution in [0, 0.1) is 17.2 Å². The van der Waals surface area contributed by atoms with Crippen LogP contribution in [-0.2, 0) is 9.57 Å². The number of hydroxylamine groups is 2. The number of carbonyl (C=O) groups excluding carboxylic acids is 1. The lowest BCUT2D eigenvalue weighted by Crippen LogP contribution is -2.44. The largest absolute Gasteiger partial charge is 0.528 e. The molecule has 1 rings (SSSR count). The normalized spacial score (nSPS) is 26.1. The van der Waals surface area contributed by atoms with Gasteiger partial charge in [-0.15, -0.1) is 5.06 Å². The third-order valence-corrected chi connectivity index (χ3v) is 2.30. The van der Waals surface area contributed by atoms with Gasteiger partial charge in [-0.3, -0.25) is 0 Å². The summed E-state index contributed by atoms with van der Waals surface area (Å²) in [5, 5.41) is 19.6. The van der Waals surface area contributed by atoms with Crippen LogP contribution in [0.1, 0.15) is 27.2 Å². The topological polar surface area (TPSA) is 82.8 Å². The van der Waals surface area contributed by atoms with Gasteiger partial charge in [0, 0.05) is 6.54 Å². The highest BCUT2D eigenvalue weighted by Crippen LogP contribution is 2.18. The monoisotopic (exact) mass is 242 g/mol. The molecule has 96 valence electrons. The highest BCUT2D eigenvalue weighted by molar-refractivity contribution is 5.60. The van der Waals surface area contributed by atoms with E-state index in [1.807, 2.05) is 6.07 Å². The fraction of sp³-hybridized carbons (Fsp3) is 0.818. The molecule has 0 radical (unpaired) electrons. The lowest BCUT2D eigenvalue weighted by atomic mass is 9.98. The van der Waals surface area contributed by atoms with Gasteiger partial charge >= 0.3 is 6.16 Å². The fourth-order valence-electron chi connectivity index (χ4n) is 1.49. The van der Waals surface area contributed by atoms with E-state index in [0.29, 0.717) is 13.0 Å². The molecule has 0 aliphatic carbocycles. The Labute approximate surface area is 101 Å². The van der Waals surface area contributed by atoms with Gasteiger partial charge in [0.05, 0.1) is 24.6 Å². The van der Waals surface area contributed by atoms with Crippen molar-refractivity contribution in [3.63, 3.8) is 0 Å². The summed E-state index contributed by atoms with van der Waals surface area (Å²) in [6, 6.07) is 1.98. The second kappa shape index (κ2) is 5.34. The summed E-state index contributed by atoms with van der Waals surface area (Å²) in [6.07, 6.45) is -1.04. The highest BCUT2D eigenvalue weighted by Gasteiger charge is 2.30. The maximum Gasteiger partial charge on any atom is 0.528 e. The van der Waals surface area contributed by atoms with Crippen LogP contribution in [0.4, 0.5) is 4.79 Å². The summed E-state index contributed by atoms with van der Waals surface area (Å²) in [7, 11) is 0. The number of ether oxygens (including phenoxy) is 1. The average Bonchev–Trinajstić information content (AvgIpc) is 2.18. The van der Waals surface area contributed by atoms with E-state index in [0.717, 1.165) is 0 Å². The number of aliphatic hydroxyl groups excluding tert-OH is 1. The van der Waals surface area contributed by atoms with Gasteiger partial charge in [-0.25, -0.2) is 4.79 Å². The second-order valence-electron chi connectivity index (χ2n) is 5.04. The van der Waals surface area contributed by atoms with Crippen molar-refractivity contribution in [3.8, 4) is 6.07 Å². The molecule has 1 N–H and O–H groups in total. The van der Waals surface area contributed by atoms with E-state index in [2.05, 4.69) is 0 Å². The van der Waals surface area contributed by atoms with Crippen molar-refractivity contribution in [2.75, 3.05) is 13.1 Å². The van der Waals surface area contributed by atoms with E-state index in [9.17, 15) is 9.90 Å². The van der Waals surface area contributed by atoms with Crippen molar-refractivity contribution in [2.45, 2.75) is 38.9 Å². The minimum Gasteiger partial charge on any atom is -0.427 e. The summed E-state index contributed by atoms with van der Waals surface area (Å²) in [4.78, 5) is 16.3. The molecule has 0 spiro atoms. The second-order valence-corrected chi connectivity index (χ2v) is 5.04. The molecule has 2 atom stereocenters. The van der Waals surface area contributed by atoms with Crippen molar-refractivity contribution < 1.29 is 19.5 Å². The molecule has 17 heavy (non-hydrogen) atoms. The Morgan fingerprint density at radius 1 is 1.53 bits per heavy atom. The summed E-state index contributed by atoms with van der Waals surface area (Å²) < 4.78 is 4.99. The third kappa shape index (κ3) is 4.59. The van der Waals surface area contributed by atoms with Crippen molar-refractivity contribution in [2.24, 2.45) is 5.92 Å². The van der Waals surface area contributed by atoms with Gasteiger partial charge in [0.2, 0.25) is 0 Å². The van der Waals surface area contributed by atoms with Gasteiger partial charge in [-0.05, 0) is 27.2 Å². The first-order chi connectivity index (χ1) is 7.81. The molecule has 0 aromatic rings. The zero-order valence-corrected chi connectivity index (χ0v) is 10.3. The van der Waals surface area contributed by atoms with Crippen molar-refractivity contribution in [1.29, 1.82) is 5.26 Å². The van der Waals surface area contributed by atoms with Crippen LogP contribution in [0.15, 0.2) is 0 Å². The lowest BCUT2D eigenvalue weighted by molar-refractivity contribution is -0.168. The molecule has 0 aromatic heterocycles. The van der Waals surface area contributed by atoms with Crippen LogP contribution in [-0.4, -0.2) is 41.1 Å². The van der Waals surface area contributed by atoms with Gasteiger partial charge < -0.3 is 14.7 Å². The summed E-state index contributed by atoms with van der Waals surface area (Å²) in [5.74, 6) is -0.536. The van der Waals surface area contributed by atoms with E-state index in [1.165, 1.54) is 5.06 Å². The minimum absolute atomic E-state index is 0.205. The number of hydrogen-bond donors (Lipinski definition) is 1. The number of carbonyl (C=O) groups is 1. The Balaban J connectivity index is 2.43. The Morgan fingerprint density at radius 2 is 2.18 bits per heavy atom. The Kier molecular flexibility index (Phi) is 4.32. The molecule has 2 unspecified atom stereocenters. The first-order valence-corrected chi connectivity index (χ1v) is 5.55. The van der Waals surface area contributed by atoms with Crippen LogP contribution >= 0.6 is 0 Å². The van der Waals surface area contributed by atoms with E-state index in [-0.39, 0.29) is 6.54 Å². The molecule has 1 aliphatic rings. The smallest absolute Gasteiger partial charge is 0.427 e. The predicted octanol–water partition coefficient (Wildman–Crippen LogP) is 1.06. The maximum absolute atomic E-state index is 11.4. The molecular formula is C11H18N2O4. The molecule has 0 bridgehead atoms. The van der Waals surface area contributed by atoms with Crippen molar-refractivity contribution >= 4 is 6.16 Å². The highest BCUT2D eigenvalue weighted by atomic mass is 16.8. The van der Waals surface area contributed by atoms with E-state index in [1.54, 1.807) is 20.8 Å². The average molecular weight is 242 g/mol. The minimum atomic E-state index is -0.787. The first kappa shape index (κ1) is 13.7. The number of rotatable bonds is 1. The molecule has 0 amide bonds. The predicted molar refractivity (Wildman–Crippen MR) is 58.6 cm³/mol. The summed E-state index contributed by atoms with van der Waals surface area (Å²) in [6.45, 7) is 5.83. The van der Waals surface area contributed by atoms with E-state index < -0.39 is 23.8 Å². The van der Waals surface area contributed by atoms with Crippen LogP contribution < -0.4 is 0 Å². The van der Waals surface area contributed by atoms with Crippen LogP contribution in [0.5, 0.6) is 0 Å². The third-order valence-electron chi connectivity index (χ3n) is 2.30. The maximum atomic E-state index is 11.4. The molecule has 0 saturated carbocycles. The number of hydrogen-bond acceptors (Lipinski definition) is 6. The Morgan fingerprint density at radius 3 is 2.71 bits per heavy atom. The van der Waals surface area contributed by atoms with Gasteiger partial charge in [0.1, 0.15) is 5.60 Å². The summed E-state index contributed by atoms with van der Waals surface area (Å²) in [5.41, 5.74) is -0.610. The molecule has 0 aromatic carbocycles. The van der Waals surface area contributed by atoms with Crippen molar-refractivity contribution in [1.82, 2.24) is 5.06 Å². The first-order valence-electron chi connectivity index (χ1n) is 5.55. The van der Waals surface area contributed by atoms with Crippen LogP contribution in [0.25, 0.3) is 0 Å². The molecule has 1 aliphatic heterocycles. The fourth-order valence-corrected chi connectivity index (χ4v) is 1.49. The summed E-state index contributed by atoms with van der Waals surface area (Å²) >= 11 is 0. The Hall–Kier alpha value is -1.32. The van der Waals surface area contributed by atoms with E-state index >= 15 is 0 Å². The molecule has 6 heteroatoms. The van der Waals surface area contributed by atoms with Crippen molar-refractivity contribution in [3.05, 3.63) is 0 Å². The van der Waals surface area contributed by atoms with Gasteiger partial charge in [-0.1, -0.05) is 0 Å². The molecule has 1 saturated heterocycles. The van der Waals surface area contributed by atoms with Gasteiger partial charge in [0.15, 0.2) is 0 Å². The molecule has 1 fully saturated rings. The zero-order valence-electron chi connectivity index (χ0n) is 10.3. The zero-order chi connectivity index (χ0) is 13.1. The standard InChI is InChI=1S/C11H18N2O4/c1-11(2,3)16-10(15)17-13-5-4-9(14)8(6-12)7-13/h8-9,14H,4-5,7H2,1-3H3. The molecule has 1 heterocycles.